The second-order valence-corrected chi connectivity index (χ2v) is 10.4. The lowest BCUT2D eigenvalue weighted by atomic mass is 9.99. The third kappa shape index (κ3) is 6.48. The van der Waals surface area contributed by atoms with E-state index in [-0.39, 0.29) is 16.3 Å². The number of nitrogens with zero attached hydrogens (tertiary/aromatic N) is 2. The van der Waals surface area contributed by atoms with Gasteiger partial charge in [-0.1, -0.05) is 37.6 Å². The summed E-state index contributed by atoms with van der Waals surface area (Å²) < 4.78 is 14.9. The van der Waals surface area contributed by atoms with Crippen molar-refractivity contribution in [1.82, 2.24) is 9.69 Å². The molecule has 10 nitrogen and oxygen atoms in total. The van der Waals surface area contributed by atoms with Crippen molar-refractivity contribution >= 4 is 40.6 Å². The Morgan fingerprint density at radius 2 is 1.74 bits per heavy atom. The van der Waals surface area contributed by atoms with E-state index in [1.807, 2.05) is 26.0 Å². The van der Waals surface area contributed by atoms with Crippen molar-refractivity contribution in [3.05, 3.63) is 63.7 Å². The number of carbonyl (C=O) groups excluding carboxylic acids is 3. The summed E-state index contributed by atoms with van der Waals surface area (Å²) in [6.45, 7) is 8.34. The number of hydrogen-bond donors (Lipinski definition) is 3. The lowest BCUT2D eigenvalue weighted by Gasteiger charge is -2.33. The van der Waals surface area contributed by atoms with Crippen molar-refractivity contribution in [2.75, 3.05) is 31.4 Å². The van der Waals surface area contributed by atoms with Gasteiger partial charge in [-0.05, 0) is 67.0 Å². The van der Waals surface area contributed by atoms with Crippen LogP contribution in [0, 0.1) is 19.8 Å². The number of nitrogen functional groups attached to an aromatic ring is 1. The van der Waals surface area contributed by atoms with Crippen LogP contribution in [0.5, 0.6) is 11.5 Å². The van der Waals surface area contributed by atoms with E-state index < -0.39 is 23.8 Å². The first-order valence-corrected chi connectivity index (χ1v) is 13.2. The van der Waals surface area contributed by atoms with E-state index in [0.717, 1.165) is 29.1 Å². The van der Waals surface area contributed by atoms with Gasteiger partial charge in [0.25, 0.3) is 11.8 Å². The third-order valence-electron chi connectivity index (χ3n) is 6.24. The molecule has 0 spiro atoms. The summed E-state index contributed by atoms with van der Waals surface area (Å²) >= 11 is 0.761. The number of nitrogens with two attached hydrogens (primary N) is 2. The summed E-state index contributed by atoms with van der Waals surface area (Å²) in [6, 6.07) is 9.50. The Labute approximate surface area is 232 Å². The maximum Gasteiger partial charge on any atom is 0.273 e. The van der Waals surface area contributed by atoms with Gasteiger partial charge in [0.2, 0.25) is 5.91 Å². The molecule has 0 bridgehead atoms. The molecule has 1 heterocycles. The van der Waals surface area contributed by atoms with E-state index in [0.29, 0.717) is 35.2 Å². The molecule has 5 N–H and O–H groups in total. The zero-order valence-electron chi connectivity index (χ0n) is 23.0. The van der Waals surface area contributed by atoms with Crippen molar-refractivity contribution in [3.63, 3.8) is 0 Å². The highest BCUT2D eigenvalue weighted by molar-refractivity contribution is 7.09. The molecule has 0 fully saturated rings. The first-order valence-electron chi connectivity index (χ1n) is 12.5. The van der Waals surface area contributed by atoms with E-state index in [2.05, 4.69) is 23.5 Å². The second kappa shape index (κ2) is 12.6. The van der Waals surface area contributed by atoms with Gasteiger partial charge >= 0.3 is 0 Å². The van der Waals surface area contributed by atoms with Gasteiger partial charge in [0.15, 0.2) is 17.2 Å². The molecule has 3 amide bonds. The van der Waals surface area contributed by atoms with Crippen molar-refractivity contribution in [2.24, 2.45) is 11.7 Å². The average Bonchev–Trinajstić information content (AvgIpc) is 3.28. The molecule has 39 heavy (non-hydrogen) atoms. The lowest BCUT2D eigenvalue weighted by Crippen LogP contribution is -2.44. The zero-order valence-corrected chi connectivity index (χ0v) is 23.8. The van der Waals surface area contributed by atoms with Gasteiger partial charge in [-0.25, -0.2) is 0 Å². The Hall–Kier alpha value is -4.12. The number of rotatable bonds is 11. The van der Waals surface area contributed by atoms with Crippen LogP contribution in [0.4, 0.5) is 11.4 Å². The van der Waals surface area contributed by atoms with Crippen LogP contribution in [0.2, 0.25) is 0 Å². The third-order valence-corrected chi connectivity index (χ3v) is 7.09. The van der Waals surface area contributed by atoms with Gasteiger partial charge in [-0.15, -0.1) is 0 Å². The molecule has 1 unspecified atom stereocenters. The Kier molecular flexibility index (Phi) is 9.52. The first-order chi connectivity index (χ1) is 18.5. The Morgan fingerprint density at radius 1 is 1.05 bits per heavy atom. The topological polar surface area (TPSA) is 150 Å². The van der Waals surface area contributed by atoms with E-state index in [9.17, 15) is 14.4 Å². The maximum atomic E-state index is 14.2. The normalized spacial score (nSPS) is 11.7. The molecule has 208 valence electrons. The fraction of sp³-hybridized carbons (Fsp3) is 0.357. The minimum Gasteiger partial charge on any atom is -0.493 e. The lowest BCUT2D eigenvalue weighted by molar-refractivity contribution is -0.122. The minimum atomic E-state index is -1.12. The van der Waals surface area contributed by atoms with E-state index in [1.165, 1.54) is 19.1 Å². The highest BCUT2D eigenvalue weighted by atomic mass is 32.1. The fourth-order valence-corrected chi connectivity index (χ4v) is 4.94. The zero-order chi connectivity index (χ0) is 28.9. The number of anilines is 2. The molecule has 0 aliphatic rings. The van der Waals surface area contributed by atoms with Gasteiger partial charge in [0.1, 0.15) is 10.9 Å². The molecule has 0 saturated heterocycles. The fourth-order valence-electron chi connectivity index (χ4n) is 4.20. The Morgan fingerprint density at radius 3 is 2.31 bits per heavy atom. The molecule has 3 aromatic rings. The largest absolute Gasteiger partial charge is 0.493 e. The predicted molar refractivity (Wildman–Crippen MR) is 153 cm³/mol. The highest BCUT2D eigenvalue weighted by Gasteiger charge is 2.37. The molecule has 0 aliphatic carbocycles. The summed E-state index contributed by atoms with van der Waals surface area (Å²) in [5.41, 5.74) is 14.0. The van der Waals surface area contributed by atoms with Crippen molar-refractivity contribution in [2.45, 2.75) is 40.2 Å². The monoisotopic (exact) mass is 553 g/mol. The van der Waals surface area contributed by atoms with Crippen LogP contribution in [-0.4, -0.2) is 42.9 Å². The first kappa shape index (κ1) is 29.4. The predicted octanol–water partition coefficient (Wildman–Crippen LogP) is 4.01. The number of carbonyl (C=O) groups is 3. The Bertz CT molecular complexity index is 1370. The van der Waals surface area contributed by atoms with Crippen LogP contribution in [0.15, 0.2) is 36.4 Å². The Balaban J connectivity index is 2.26. The van der Waals surface area contributed by atoms with Gasteiger partial charge in [-0.3, -0.25) is 19.3 Å². The molecule has 2 aromatic carbocycles. The maximum absolute atomic E-state index is 14.2. The van der Waals surface area contributed by atoms with Crippen LogP contribution in [0.3, 0.4) is 0 Å². The molecule has 0 saturated carbocycles. The van der Waals surface area contributed by atoms with Crippen LogP contribution in [0.25, 0.3) is 0 Å². The average molecular weight is 554 g/mol. The number of aromatic nitrogens is 1. The van der Waals surface area contributed by atoms with Gasteiger partial charge in [0.05, 0.1) is 19.9 Å². The van der Waals surface area contributed by atoms with Crippen molar-refractivity contribution in [1.29, 1.82) is 0 Å². The van der Waals surface area contributed by atoms with E-state index in [4.69, 9.17) is 20.9 Å². The molecule has 11 heteroatoms. The summed E-state index contributed by atoms with van der Waals surface area (Å²) in [5.74, 6) is -0.591. The molecule has 3 rings (SSSR count). The molecular formula is C28H35N5O5S. The number of methoxy groups -OCH3 is 2. The van der Waals surface area contributed by atoms with Crippen molar-refractivity contribution < 1.29 is 23.9 Å². The number of aryl methyl sites for hydroxylation is 2. The summed E-state index contributed by atoms with van der Waals surface area (Å²) in [5, 5.41) is 2.98. The van der Waals surface area contributed by atoms with Crippen LogP contribution >= 0.6 is 11.5 Å². The summed E-state index contributed by atoms with van der Waals surface area (Å²) in [7, 11) is 3.01. The smallest absolute Gasteiger partial charge is 0.273 e. The van der Waals surface area contributed by atoms with Crippen LogP contribution < -0.4 is 31.2 Å². The number of hydrogen-bond acceptors (Lipinski definition) is 8. The number of ether oxygens (including phenoxy) is 2. The number of nitrogens with one attached hydrogen (secondary N) is 1. The summed E-state index contributed by atoms with van der Waals surface area (Å²) in [6.07, 6.45) is 0.756. The van der Waals surface area contributed by atoms with E-state index in [1.54, 1.807) is 24.3 Å². The molecule has 0 radical (unpaired) electrons. The van der Waals surface area contributed by atoms with Gasteiger partial charge < -0.3 is 26.3 Å². The van der Waals surface area contributed by atoms with Crippen molar-refractivity contribution in [3.8, 4) is 11.5 Å². The summed E-state index contributed by atoms with van der Waals surface area (Å²) in [4.78, 5) is 41.4. The quantitative estimate of drug-likeness (QED) is 0.325. The van der Waals surface area contributed by atoms with E-state index >= 15 is 0 Å². The van der Waals surface area contributed by atoms with Crippen LogP contribution in [0.1, 0.15) is 63.2 Å². The SMILES string of the molecule is COc1ccc(C(C(=O)NCCC(C)C)N(C(=O)c2snc(C(N)=O)c2N)c2ccc(C)cc2C)cc1OC. The van der Waals surface area contributed by atoms with Crippen LogP contribution in [-0.2, 0) is 4.79 Å². The molecule has 1 atom stereocenters. The molecular weight excluding hydrogens is 518 g/mol. The number of primary amides is 1. The van der Waals surface area contributed by atoms with Gasteiger partial charge in [-0.2, -0.15) is 4.37 Å². The standard InChI is InChI=1S/C28H35N5O5S/c1-15(2)11-12-31-27(35)24(18-8-10-20(37-5)21(14-18)38-6)33(19-9-7-16(3)13-17(19)4)28(36)25-22(29)23(26(30)34)32-39-25/h7-10,13-15,24H,11-12,29H2,1-6H3,(H2,30,34)(H,31,35). The van der Waals surface area contributed by atoms with Gasteiger partial charge in [0, 0.05) is 12.2 Å². The number of benzene rings is 2. The number of amides is 3. The minimum absolute atomic E-state index is 0.00392. The highest BCUT2D eigenvalue weighted by Crippen LogP contribution is 2.38. The second-order valence-electron chi connectivity index (χ2n) is 9.59. The molecule has 1 aromatic heterocycles. The molecule has 0 aliphatic heterocycles.